The number of likely N-dealkylation sites (N-methyl/N-ethyl adjacent to an activating group) is 1. The molecule has 0 unspecified atom stereocenters. The van der Waals surface area contributed by atoms with Crippen LogP contribution in [0.2, 0.25) is 0 Å². The number of benzene rings is 2. The van der Waals surface area contributed by atoms with Crippen LogP contribution >= 0.6 is 0 Å². The Bertz CT molecular complexity index is 1140. The zero-order valence-electron chi connectivity index (χ0n) is 18.9. The Morgan fingerprint density at radius 1 is 0.935 bits per heavy atom. The minimum atomic E-state index is 0.685. The molecule has 0 N–H and O–H groups in total. The number of ether oxygens (including phenoxy) is 1. The number of fused-ring (bicyclic) bond motifs is 1. The molecular formula is C27H31N3O. The highest BCUT2D eigenvalue weighted by Gasteiger charge is 2.12. The minimum absolute atomic E-state index is 0.685. The van der Waals surface area contributed by atoms with Crippen molar-refractivity contribution in [1.29, 1.82) is 0 Å². The number of rotatable bonds is 8. The second kappa shape index (κ2) is 9.36. The van der Waals surface area contributed by atoms with E-state index in [0.717, 1.165) is 42.0 Å². The molecule has 0 aliphatic rings. The molecule has 0 radical (unpaired) electrons. The van der Waals surface area contributed by atoms with E-state index in [1.165, 1.54) is 22.1 Å². The van der Waals surface area contributed by atoms with Gasteiger partial charge >= 0.3 is 0 Å². The van der Waals surface area contributed by atoms with E-state index in [9.17, 15) is 0 Å². The van der Waals surface area contributed by atoms with Gasteiger partial charge in [0.15, 0.2) is 0 Å². The maximum absolute atomic E-state index is 5.82. The maximum atomic E-state index is 5.82. The summed E-state index contributed by atoms with van der Waals surface area (Å²) < 4.78 is 8.00. The summed E-state index contributed by atoms with van der Waals surface area (Å²) in [6.45, 7) is 6.01. The molecule has 0 saturated heterocycles. The Morgan fingerprint density at radius 2 is 1.65 bits per heavy atom. The van der Waals surface area contributed by atoms with E-state index in [1.807, 2.05) is 32.4 Å². The molecule has 0 spiro atoms. The summed E-state index contributed by atoms with van der Waals surface area (Å²) in [6.07, 6.45) is 6.13. The van der Waals surface area contributed by atoms with E-state index < -0.39 is 0 Å². The molecule has 0 atom stereocenters. The highest BCUT2D eigenvalue weighted by Crippen LogP contribution is 2.30. The predicted octanol–water partition coefficient (Wildman–Crippen LogP) is 5.76. The van der Waals surface area contributed by atoms with E-state index in [-0.39, 0.29) is 0 Å². The van der Waals surface area contributed by atoms with Crippen LogP contribution in [0.4, 0.5) is 0 Å². The Balaban J connectivity index is 1.63. The van der Waals surface area contributed by atoms with Gasteiger partial charge in [-0.25, -0.2) is 0 Å². The molecule has 31 heavy (non-hydrogen) atoms. The molecule has 4 heteroatoms. The van der Waals surface area contributed by atoms with Crippen molar-refractivity contribution in [3.05, 3.63) is 78.1 Å². The van der Waals surface area contributed by atoms with Gasteiger partial charge < -0.3 is 14.2 Å². The Morgan fingerprint density at radius 3 is 2.29 bits per heavy atom. The normalized spacial score (nSPS) is 11.4. The van der Waals surface area contributed by atoms with Gasteiger partial charge in [0.2, 0.25) is 0 Å². The molecule has 0 bridgehead atoms. The van der Waals surface area contributed by atoms with Crippen molar-refractivity contribution in [2.75, 3.05) is 27.2 Å². The van der Waals surface area contributed by atoms with Crippen LogP contribution in [0.3, 0.4) is 0 Å². The highest BCUT2D eigenvalue weighted by atomic mass is 16.5. The summed E-state index contributed by atoms with van der Waals surface area (Å²) in [5.41, 5.74) is 7.28. The van der Waals surface area contributed by atoms with Gasteiger partial charge in [-0.05, 0) is 74.5 Å². The first-order valence-corrected chi connectivity index (χ1v) is 11.1. The summed E-state index contributed by atoms with van der Waals surface area (Å²) in [5, 5.41) is 1.20. The Labute approximate surface area is 185 Å². The molecule has 4 aromatic rings. The molecule has 2 aromatic heterocycles. The molecule has 160 valence electrons. The fraction of sp³-hybridized carbons (Fsp3) is 0.296. The van der Waals surface area contributed by atoms with Gasteiger partial charge in [-0.1, -0.05) is 32.0 Å². The topological polar surface area (TPSA) is 30.3 Å². The van der Waals surface area contributed by atoms with E-state index in [1.54, 1.807) is 0 Å². The zero-order chi connectivity index (χ0) is 21.8. The third-order valence-corrected chi connectivity index (χ3v) is 5.75. The molecule has 2 heterocycles. The molecule has 4 nitrogen and oxygen atoms in total. The fourth-order valence-electron chi connectivity index (χ4n) is 4.02. The average Bonchev–Trinajstić information content (AvgIpc) is 3.22. The highest BCUT2D eigenvalue weighted by molar-refractivity contribution is 5.86. The Kier molecular flexibility index (Phi) is 6.38. The molecule has 2 aromatic carbocycles. The summed E-state index contributed by atoms with van der Waals surface area (Å²) in [5.74, 6) is 0.894. The van der Waals surface area contributed by atoms with Gasteiger partial charge in [0.1, 0.15) is 12.4 Å². The van der Waals surface area contributed by atoms with E-state index >= 15 is 0 Å². The molecule has 4 rings (SSSR count). The number of hydrogen-bond acceptors (Lipinski definition) is 3. The van der Waals surface area contributed by atoms with Crippen molar-refractivity contribution in [3.8, 4) is 22.7 Å². The lowest BCUT2D eigenvalue weighted by Crippen LogP contribution is -2.19. The molecular weight excluding hydrogens is 382 g/mol. The first-order valence-electron chi connectivity index (χ1n) is 11.1. The SMILES string of the molecule is CCc1cccc(CC)c1-c1cc2ccn(-c3ccc(OCCN(C)C)cc3)c2cn1. The summed E-state index contributed by atoms with van der Waals surface area (Å²) in [4.78, 5) is 6.99. The average molecular weight is 414 g/mol. The molecule has 0 aliphatic carbocycles. The predicted molar refractivity (Wildman–Crippen MR) is 129 cm³/mol. The number of nitrogens with zero attached hydrogens (tertiary/aromatic N) is 3. The largest absolute Gasteiger partial charge is 0.492 e. The van der Waals surface area contributed by atoms with Gasteiger partial charge in [-0.15, -0.1) is 0 Å². The van der Waals surface area contributed by atoms with Crippen LogP contribution in [-0.4, -0.2) is 41.7 Å². The number of aryl methyl sites for hydroxylation is 2. The van der Waals surface area contributed by atoms with E-state index in [2.05, 4.69) is 72.0 Å². The molecule has 0 aliphatic heterocycles. The minimum Gasteiger partial charge on any atom is -0.492 e. The summed E-state index contributed by atoms with van der Waals surface area (Å²) in [6, 6.07) is 19.2. The third-order valence-electron chi connectivity index (χ3n) is 5.75. The molecule has 0 fully saturated rings. The molecule has 0 amide bonds. The van der Waals surface area contributed by atoms with Crippen LogP contribution in [-0.2, 0) is 12.8 Å². The van der Waals surface area contributed by atoms with Crippen molar-refractivity contribution in [2.24, 2.45) is 0 Å². The van der Waals surface area contributed by atoms with Crippen LogP contribution in [0.1, 0.15) is 25.0 Å². The fourth-order valence-corrected chi connectivity index (χ4v) is 4.02. The second-order valence-corrected chi connectivity index (χ2v) is 8.12. The first-order chi connectivity index (χ1) is 15.1. The standard InChI is InChI=1S/C27H31N3O/c1-5-20-8-7-9-21(6-2)27(20)25-18-22-14-15-30(26(22)19-28-25)23-10-12-24(13-11-23)31-17-16-29(3)4/h7-15,18-19H,5-6,16-17H2,1-4H3. The lowest BCUT2D eigenvalue weighted by molar-refractivity contribution is 0.261. The maximum Gasteiger partial charge on any atom is 0.119 e. The quantitative estimate of drug-likeness (QED) is 0.368. The molecule has 0 saturated carbocycles. The third kappa shape index (κ3) is 4.49. The Hall–Kier alpha value is -3.11. The summed E-state index contributed by atoms with van der Waals surface area (Å²) in [7, 11) is 4.10. The van der Waals surface area contributed by atoms with Gasteiger partial charge in [0.05, 0.1) is 17.4 Å². The van der Waals surface area contributed by atoms with Gasteiger partial charge in [0.25, 0.3) is 0 Å². The number of pyridine rings is 1. The monoisotopic (exact) mass is 413 g/mol. The summed E-state index contributed by atoms with van der Waals surface area (Å²) >= 11 is 0. The van der Waals surface area contributed by atoms with Gasteiger partial charge in [0, 0.05) is 29.4 Å². The zero-order valence-corrected chi connectivity index (χ0v) is 18.9. The first kappa shape index (κ1) is 21.1. The van der Waals surface area contributed by atoms with Crippen molar-refractivity contribution in [2.45, 2.75) is 26.7 Å². The number of aromatic nitrogens is 2. The van der Waals surface area contributed by atoms with Crippen LogP contribution < -0.4 is 4.74 Å². The van der Waals surface area contributed by atoms with Crippen molar-refractivity contribution >= 4 is 10.9 Å². The van der Waals surface area contributed by atoms with Gasteiger partial charge in [-0.3, -0.25) is 4.98 Å². The smallest absolute Gasteiger partial charge is 0.119 e. The van der Waals surface area contributed by atoms with Crippen LogP contribution in [0.25, 0.3) is 27.8 Å². The van der Waals surface area contributed by atoms with Crippen molar-refractivity contribution in [3.63, 3.8) is 0 Å². The van der Waals surface area contributed by atoms with Crippen molar-refractivity contribution < 1.29 is 4.74 Å². The van der Waals surface area contributed by atoms with Crippen LogP contribution in [0.15, 0.2) is 67.0 Å². The van der Waals surface area contributed by atoms with Crippen LogP contribution in [0.5, 0.6) is 5.75 Å². The van der Waals surface area contributed by atoms with Crippen LogP contribution in [0, 0.1) is 0 Å². The van der Waals surface area contributed by atoms with E-state index in [4.69, 9.17) is 9.72 Å². The number of hydrogen-bond donors (Lipinski definition) is 0. The van der Waals surface area contributed by atoms with Crippen molar-refractivity contribution in [1.82, 2.24) is 14.5 Å². The second-order valence-electron chi connectivity index (χ2n) is 8.12. The van der Waals surface area contributed by atoms with E-state index in [0.29, 0.717) is 6.61 Å². The van der Waals surface area contributed by atoms with Gasteiger partial charge in [-0.2, -0.15) is 0 Å². The lowest BCUT2D eigenvalue weighted by atomic mass is 9.94. The lowest BCUT2D eigenvalue weighted by Gasteiger charge is -2.13.